The van der Waals surface area contributed by atoms with E-state index in [4.69, 9.17) is 0 Å². The summed E-state index contributed by atoms with van der Waals surface area (Å²) >= 11 is 0. The lowest BCUT2D eigenvalue weighted by Crippen LogP contribution is -2.32. The number of hydrogen-bond donors (Lipinski definition) is 1. The van der Waals surface area contributed by atoms with E-state index in [-0.39, 0.29) is 21.7 Å². The van der Waals surface area contributed by atoms with Gasteiger partial charge in [0.25, 0.3) is 5.69 Å². The van der Waals surface area contributed by atoms with Crippen molar-refractivity contribution < 1.29 is 22.9 Å². The number of methoxy groups -OCH3 is 1. The SMILES string of the molecule is C=C(C(=O)OC)C(NS(=O)(=O)c1ccc(C)cc1)c1cccc([N+](=O)[O-])c1. The van der Waals surface area contributed by atoms with Crippen molar-refractivity contribution in [2.45, 2.75) is 17.9 Å². The van der Waals surface area contributed by atoms with Crippen LogP contribution in [-0.2, 0) is 19.6 Å². The van der Waals surface area contributed by atoms with Gasteiger partial charge in [0.2, 0.25) is 10.0 Å². The van der Waals surface area contributed by atoms with Crippen LogP contribution in [0.25, 0.3) is 0 Å². The molecule has 142 valence electrons. The Balaban J connectivity index is 2.49. The van der Waals surface area contributed by atoms with Crippen LogP contribution in [0, 0.1) is 17.0 Å². The van der Waals surface area contributed by atoms with Crippen molar-refractivity contribution in [3.8, 4) is 0 Å². The summed E-state index contributed by atoms with van der Waals surface area (Å²) in [6.07, 6.45) is 0. The molecule has 2 aromatic rings. The molecule has 0 bridgehead atoms. The van der Waals surface area contributed by atoms with Crippen LogP contribution in [0.1, 0.15) is 17.2 Å². The van der Waals surface area contributed by atoms with E-state index >= 15 is 0 Å². The number of nitrogens with one attached hydrogen (secondary N) is 1. The number of nitro groups is 1. The Morgan fingerprint density at radius 2 is 1.85 bits per heavy atom. The molecule has 0 saturated carbocycles. The largest absolute Gasteiger partial charge is 0.466 e. The predicted octanol–water partition coefficient (Wildman–Crippen LogP) is 2.65. The van der Waals surface area contributed by atoms with Gasteiger partial charge in [-0.25, -0.2) is 13.2 Å². The summed E-state index contributed by atoms with van der Waals surface area (Å²) in [6.45, 7) is 5.41. The maximum absolute atomic E-state index is 12.7. The molecule has 0 aliphatic heterocycles. The smallest absolute Gasteiger partial charge is 0.335 e. The number of rotatable bonds is 7. The lowest BCUT2D eigenvalue weighted by molar-refractivity contribution is -0.384. The van der Waals surface area contributed by atoms with Crippen molar-refractivity contribution in [2.24, 2.45) is 0 Å². The quantitative estimate of drug-likeness (QED) is 0.336. The van der Waals surface area contributed by atoms with E-state index < -0.39 is 27.0 Å². The van der Waals surface area contributed by atoms with Gasteiger partial charge in [0.05, 0.1) is 28.5 Å². The van der Waals surface area contributed by atoms with Gasteiger partial charge in [-0.2, -0.15) is 4.72 Å². The lowest BCUT2D eigenvalue weighted by Gasteiger charge is -2.20. The molecule has 2 aromatic carbocycles. The zero-order valence-corrected chi connectivity index (χ0v) is 15.5. The Bertz CT molecular complexity index is 983. The minimum Gasteiger partial charge on any atom is -0.466 e. The number of esters is 1. The third-order valence-corrected chi connectivity index (χ3v) is 5.25. The minimum atomic E-state index is -4.03. The highest BCUT2D eigenvalue weighted by atomic mass is 32.2. The average molecular weight is 390 g/mol. The molecular formula is C18H18N2O6S. The van der Waals surface area contributed by atoms with E-state index in [2.05, 4.69) is 16.0 Å². The third-order valence-electron chi connectivity index (χ3n) is 3.81. The van der Waals surface area contributed by atoms with E-state index in [1.807, 2.05) is 6.92 Å². The molecule has 2 rings (SSSR count). The maximum Gasteiger partial charge on any atom is 0.335 e. The van der Waals surface area contributed by atoms with E-state index in [0.29, 0.717) is 0 Å². The van der Waals surface area contributed by atoms with E-state index in [1.54, 1.807) is 12.1 Å². The first kappa shape index (κ1) is 20.3. The molecule has 0 aliphatic carbocycles. The number of hydrogen-bond acceptors (Lipinski definition) is 6. The minimum absolute atomic E-state index is 0.0128. The summed E-state index contributed by atoms with van der Waals surface area (Å²) in [6, 6.07) is 10.2. The molecule has 0 saturated heterocycles. The molecule has 0 aliphatic rings. The fraction of sp³-hybridized carbons (Fsp3) is 0.167. The molecule has 1 unspecified atom stereocenters. The van der Waals surface area contributed by atoms with Crippen molar-refractivity contribution in [3.63, 3.8) is 0 Å². The van der Waals surface area contributed by atoms with E-state index in [9.17, 15) is 23.3 Å². The average Bonchev–Trinajstić information content (AvgIpc) is 2.65. The Morgan fingerprint density at radius 3 is 2.41 bits per heavy atom. The number of aryl methyl sites for hydroxylation is 1. The predicted molar refractivity (Wildman–Crippen MR) is 98.5 cm³/mol. The number of nitrogens with zero attached hydrogens (tertiary/aromatic N) is 1. The maximum atomic E-state index is 12.7. The fourth-order valence-corrected chi connectivity index (χ4v) is 3.57. The van der Waals surface area contributed by atoms with Gasteiger partial charge in [0.1, 0.15) is 0 Å². The third kappa shape index (κ3) is 4.78. The Labute approximate surface area is 156 Å². The van der Waals surface area contributed by atoms with Gasteiger partial charge >= 0.3 is 5.97 Å². The fourth-order valence-electron chi connectivity index (χ4n) is 2.35. The van der Waals surface area contributed by atoms with Crippen molar-refractivity contribution >= 4 is 21.7 Å². The van der Waals surface area contributed by atoms with Crippen LogP contribution in [0.4, 0.5) is 5.69 Å². The topological polar surface area (TPSA) is 116 Å². The Morgan fingerprint density at radius 1 is 1.22 bits per heavy atom. The van der Waals surface area contributed by atoms with Gasteiger partial charge in [-0.3, -0.25) is 10.1 Å². The number of ether oxygens (including phenoxy) is 1. The van der Waals surface area contributed by atoms with Gasteiger partial charge in [-0.15, -0.1) is 0 Å². The summed E-state index contributed by atoms with van der Waals surface area (Å²) in [5, 5.41) is 11.0. The molecular weight excluding hydrogens is 372 g/mol. The highest BCUT2D eigenvalue weighted by Gasteiger charge is 2.28. The molecule has 0 aromatic heterocycles. The second-order valence-electron chi connectivity index (χ2n) is 5.74. The second-order valence-corrected chi connectivity index (χ2v) is 7.45. The number of non-ortho nitro benzene ring substituents is 1. The molecule has 0 heterocycles. The highest BCUT2D eigenvalue weighted by molar-refractivity contribution is 7.89. The van der Waals surface area contributed by atoms with Gasteiger partial charge in [-0.05, 0) is 24.6 Å². The van der Waals surface area contributed by atoms with Gasteiger partial charge < -0.3 is 4.74 Å². The molecule has 0 fully saturated rings. The molecule has 0 amide bonds. The van der Waals surface area contributed by atoms with Crippen molar-refractivity contribution in [1.82, 2.24) is 4.72 Å². The van der Waals surface area contributed by atoms with Crippen LogP contribution >= 0.6 is 0 Å². The van der Waals surface area contributed by atoms with Crippen LogP contribution in [0.5, 0.6) is 0 Å². The molecule has 0 spiro atoms. The molecule has 27 heavy (non-hydrogen) atoms. The first-order valence-corrected chi connectivity index (χ1v) is 9.24. The van der Waals surface area contributed by atoms with Crippen molar-refractivity contribution in [3.05, 3.63) is 81.9 Å². The molecule has 8 nitrogen and oxygen atoms in total. The number of carbonyl (C=O) groups is 1. The van der Waals surface area contributed by atoms with Crippen LogP contribution in [-0.4, -0.2) is 26.4 Å². The van der Waals surface area contributed by atoms with Gasteiger partial charge in [0, 0.05) is 12.1 Å². The van der Waals surface area contributed by atoms with Crippen LogP contribution < -0.4 is 4.72 Å². The van der Waals surface area contributed by atoms with E-state index in [0.717, 1.165) is 12.7 Å². The zero-order chi connectivity index (χ0) is 20.2. The van der Waals surface area contributed by atoms with Crippen LogP contribution in [0.15, 0.2) is 65.6 Å². The van der Waals surface area contributed by atoms with Crippen molar-refractivity contribution in [2.75, 3.05) is 7.11 Å². The normalized spacial score (nSPS) is 12.2. The zero-order valence-electron chi connectivity index (χ0n) is 14.7. The van der Waals surface area contributed by atoms with Crippen LogP contribution in [0.2, 0.25) is 0 Å². The van der Waals surface area contributed by atoms with E-state index in [1.165, 1.54) is 36.4 Å². The first-order chi connectivity index (χ1) is 12.7. The summed E-state index contributed by atoms with van der Waals surface area (Å²) in [7, 11) is -2.90. The summed E-state index contributed by atoms with van der Waals surface area (Å²) in [5.41, 5.74) is 0.622. The number of carbonyl (C=O) groups excluding carboxylic acids is 1. The van der Waals surface area contributed by atoms with Gasteiger partial charge in [0.15, 0.2) is 0 Å². The summed E-state index contributed by atoms with van der Waals surface area (Å²) < 4.78 is 32.4. The summed E-state index contributed by atoms with van der Waals surface area (Å²) in [5.74, 6) is -0.835. The second kappa shape index (κ2) is 8.11. The molecule has 0 radical (unpaired) electrons. The van der Waals surface area contributed by atoms with Crippen molar-refractivity contribution in [1.29, 1.82) is 0 Å². The van der Waals surface area contributed by atoms with Gasteiger partial charge in [-0.1, -0.05) is 36.4 Å². The monoisotopic (exact) mass is 390 g/mol. The molecule has 1 atom stereocenters. The molecule has 1 N–H and O–H groups in total. The Hall–Kier alpha value is -3.04. The molecule has 9 heteroatoms. The summed E-state index contributed by atoms with van der Waals surface area (Å²) in [4.78, 5) is 22.3. The number of sulfonamides is 1. The lowest BCUT2D eigenvalue weighted by atomic mass is 10.0. The van der Waals surface area contributed by atoms with Crippen LogP contribution in [0.3, 0.4) is 0 Å². The standard InChI is InChI=1S/C18H18N2O6S/c1-12-7-9-16(10-8-12)27(24,25)19-17(13(2)18(21)26-3)14-5-4-6-15(11-14)20(22)23/h4-11,17,19H,2H2,1,3H3. The first-order valence-electron chi connectivity index (χ1n) is 7.76. The highest BCUT2D eigenvalue weighted by Crippen LogP contribution is 2.27. The Kier molecular flexibility index (Phi) is 6.09. The number of nitro benzene ring substituents is 1. The number of benzene rings is 2.